The molecule has 3 aliphatic heterocycles. The number of nitrogens with one attached hydrogen (secondary N) is 1. The molecule has 0 radical (unpaired) electrons. The highest BCUT2D eigenvalue weighted by molar-refractivity contribution is 5.98. The van der Waals surface area contributed by atoms with Crippen LogP contribution in [0, 0.1) is 0 Å². The van der Waals surface area contributed by atoms with Crippen LogP contribution >= 0.6 is 0 Å². The molecule has 0 spiro atoms. The molecule has 4 aromatic rings. The van der Waals surface area contributed by atoms with Crippen LogP contribution in [0.3, 0.4) is 0 Å². The van der Waals surface area contributed by atoms with Crippen LogP contribution in [0.2, 0.25) is 0 Å². The van der Waals surface area contributed by atoms with Crippen molar-refractivity contribution >= 4 is 34.3 Å². The van der Waals surface area contributed by atoms with E-state index in [0.29, 0.717) is 41.5 Å². The fourth-order valence-electron chi connectivity index (χ4n) is 5.65. The van der Waals surface area contributed by atoms with Gasteiger partial charge in [-0.25, -0.2) is 14.3 Å². The summed E-state index contributed by atoms with van der Waals surface area (Å²) >= 11 is 0. The highest BCUT2D eigenvalue weighted by Gasteiger charge is 2.27. The van der Waals surface area contributed by atoms with Crippen molar-refractivity contribution in [1.82, 2.24) is 24.2 Å². The van der Waals surface area contributed by atoms with Gasteiger partial charge in [0.25, 0.3) is 11.5 Å². The largest absolute Gasteiger partial charge is 0.482 e. The summed E-state index contributed by atoms with van der Waals surface area (Å²) in [6.45, 7) is 2.99. The number of hydrogen-bond donors (Lipinski definition) is 1. The monoisotopic (exact) mass is 523 g/mol. The molecule has 7 rings (SSSR count). The smallest absolute Gasteiger partial charge is 0.278 e. The van der Waals surface area contributed by atoms with Gasteiger partial charge in [0.05, 0.1) is 17.9 Å². The van der Waals surface area contributed by atoms with Crippen molar-refractivity contribution < 1.29 is 9.53 Å². The molecule has 0 unspecified atom stereocenters. The quantitative estimate of drug-likeness (QED) is 0.402. The molecular weight excluding hydrogens is 494 g/mol. The van der Waals surface area contributed by atoms with E-state index in [9.17, 15) is 9.59 Å². The van der Waals surface area contributed by atoms with Crippen molar-refractivity contribution in [2.75, 3.05) is 37.0 Å². The SMILES string of the molecule is CN1CCc2ccc(Nc3ncc4c(=O)n5n(c4n3)-c3ccc4c(c3)N(CCC/C=C\C5)C(=O)CO4)cc2C1. The summed E-state index contributed by atoms with van der Waals surface area (Å²) in [7, 11) is 2.13. The van der Waals surface area contributed by atoms with Gasteiger partial charge in [-0.3, -0.25) is 9.59 Å². The van der Waals surface area contributed by atoms with E-state index in [1.807, 2.05) is 35.0 Å². The molecule has 1 N–H and O–H groups in total. The number of anilines is 3. The minimum absolute atomic E-state index is 0.0284. The highest BCUT2D eigenvalue weighted by Crippen LogP contribution is 2.35. The molecule has 2 bridgehead atoms. The zero-order valence-electron chi connectivity index (χ0n) is 21.8. The first kappa shape index (κ1) is 23.7. The third kappa shape index (κ3) is 4.17. The number of allylic oxidation sites excluding steroid dienone is 2. The normalized spacial score (nSPS) is 18.0. The number of fused-ring (bicyclic) bond motifs is 6. The number of likely N-dealkylation sites (N-methyl/N-ethyl adjacent to an activating group) is 1. The molecular formula is C29H29N7O3. The third-order valence-electron chi connectivity index (χ3n) is 7.67. The molecule has 0 saturated carbocycles. The van der Waals surface area contributed by atoms with Crippen LogP contribution in [0.25, 0.3) is 16.7 Å². The van der Waals surface area contributed by atoms with Crippen LogP contribution in [0.5, 0.6) is 5.75 Å². The van der Waals surface area contributed by atoms with Gasteiger partial charge in [0.1, 0.15) is 11.1 Å². The molecule has 2 aromatic carbocycles. The maximum absolute atomic E-state index is 13.5. The molecule has 3 aliphatic rings. The van der Waals surface area contributed by atoms with Crippen molar-refractivity contribution in [3.05, 3.63) is 76.2 Å². The number of ether oxygens (including phenoxy) is 1. The predicted molar refractivity (Wildman–Crippen MR) is 149 cm³/mol. The molecule has 10 heteroatoms. The maximum Gasteiger partial charge on any atom is 0.278 e. The maximum atomic E-state index is 13.5. The number of hydrogen-bond acceptors (Lipinski definition) is 7. The molecule has 2 aromatic heterocycles. The summed E-state index contributed by atoms with van der Waals surface area (Å²) in [4.78, 5) is 39.6. The summed E-state index contributed by atoms with van der Waals surface area (Å²) < 4.78 is 9.19. The summed E-state index contributed by atoms with van der Waals surface area (Å²) in [5.74, 6) is 0.999. The summed E-state index contributed by atoms with van der Waals surface area (Å²) in [6.07, 6.45) is 8.30. The number of amides is 1. The Labute approximate surface area is 225 Å². The van der Waals surface area contributed by atoms with E-state index in [-0.39, 0.29) is 18.1 Å². The van der Waals surface area contributed by atoms with E-state index in [0.717, 1.165) is 43.7 Å². The molecule has 0 saturated heterocycles. The number of aromatic nitrogens is 4. The van der Waals surface area contributed by atoms with Gasteiger partial charge in [-0.1, -0.05) is 18.2 Å². The van der Waals surface area contributed by atoms with Gasteiger partial charge in [0.15, 0.2) is 12.3 Å². The average molecular weight is 524 g/mol. The highest BCUT2D eigenvalue weighted by atomic mass is 16.5. The van der Waals surface area contributed by atoms with E-state index in [2.05, 4.69) is 40.5 Å². The van der Waals surface area contributed by atoms with Crippen molar-refractivity contribution in [2.24, 2.45) is 0 Å². The van der Waals surface area contributed by atoms with Crippen molar-refractivity contribution in [1.29, 1.82) is 0 Å². The second kappa shape index (κ2) is 9.39. The summed E-state index contributed by atoms with van der Waals surface area (Å²) in [5, 5.41) is 3.77. The Bertz CT molecular complexity index is 1700. The Morgan fingerprint density at radius 3 is 2.87 bits per heavy atom. The molecule has 1 amide bonds. The van der Waals surface area contributed by atoms with Crippen LogP contribution in [0.4, 0.5) is 17.3 Å². The van der Waals surface area contributed by atoms with Gasteiger partial charge in [0, 0.05) is 31.5 Å². The zero-order valence-corrected chi connectivity index (χ0v) is 21.8. The van der Waals surface area contributed by atoms with Crippen molar-refractivity contribution in [2.45, 2.75) is 32.4 Å². The lowest BCUT2D eigenvalue weighted by Crippen LogP contribution is -2.39. The Balaban J connectivity index is 1.35. The standard InChI is InChI=1S/C29H29N7O3/c1-33-13-10-19-6-7-21(14-20(19)17-33)31-29-30-16-23-27(32-29)36-22-8-9-25-24(15-22)34(26(37)18-39-25)11-4-2-3-5-12-35(36)28(23)38/h3,5-9,14-16H,2,4,10-13,17-18H2,1H3,(H,30,31,32)/b5-3-. The lowest BCUT2D eigenvalue weighted by molar-refractivity contribution is -0.121. The molecule has 0 atom stereocenters. The fourth-order valence-corrected chi connectivity index (χ4v) is 5.65. The first-order valence-electron chi connectivity index (χ1n) is 13.3. The summed E-state index contributed by atoms with van der Waals surface area (Å²) in [5.41, 5.74) is 5.32. The number of benzene rings is 2. The molecule has 5 heterocycles. The minimum atomic E-state index is -0.169. The van der Waals surface area contributed by atoms with Gasteiger partial charge >= 0.3 is 0 Å². The number of nitrogens with zero attached hydrogens (tertiary/aromatic N) is 6. The lowest BCUT2D eigenvalue weighted by atomic mass is 9.99. The molecule has 10 nitrogen and oxygen atoms in total. The van der Waals surface area contributed by atoms with Gasteiger partial charge < -0.3 is 19.9 Å². The van der Waals surface area contributed by atoms with Gasteiger partial charge in [-0.05, 0) is 67.8 Å². The third-order valence-corrected chi connectivity index (χ3v) is 7.67. The second-order valence-electron chi connectivity index (χ2n) is 10.3. The Morgan fingerprint density at radius 1 is 1.03 bits per heavy atom. The first-order chi connectivity index (χ1) is 19.0. The van der Waals surface area contributed by atoms with E-state index in [1.165, 1.54) is 11.1 Å². The van der Waals surface area contributed by atoms with Crippen molar-refractivity contribution in [3.8, 4) is 11.4 Å². The number of rotatable bonds is 2. The molecule has 0 aliphatic carbocycles. The molecule has 39 heavy (non-hydrogen) atoms. The second-order valence-corrected chi connectivity index (χ2v) is 10.3. The van der Waals surface area contributed by atoms with Gasteiger partial charge in [-0.2, -0.15) is 4.98 Å². The van der Waals surface area contributed by atoms with Crippen LogP contribution < -0.4 is 20.5 Å². The van der Waals surface area contributed by atoms with Gasteiger partial charge in [0.2, 0.25) is 5.95 Å². The minimum Gasteiger partial charge on any atom is -0.482 e. The Morgan fingerprint density at radius 2 is 1.95 bits per heavy atom. The lowest BCUT2D eigenvalue weighted by Gasteiger charge is -2.30. The van der Waals surface area contributed by atoms with E-state index < -0.39 is 0 Å². The van der Waals surface area contributed by atoms with Gasteiger partial charge in [-0.15, -0.1) is 0 Å². The van der Waals surface area contributed by atoms with E-state index >= 15 is 0 Å². The molecule has 0 fully saturated rings. The topological polar surface area (TPSA) is 97.5 Å². The number of carbonyl (C=O) groups is 1. The summed E-state index contributed by atoms with van der Waals surface area (Å²) in [6, 6.07) is 12.0. The average Bonchev–Trinajstić information content (AvgIpc) is 3.20. The van der Waals surface area contributed by atoms with Crippen molar-refractivity contribution in [3.63, 3.8) is 0 Å². The van der Waals surface area contributed by atoms with Crippen LogP contribution in [-0.2, 0) is 24.3 Å². The Kier molecular flexibility index (Phi) is 5.70. The van der Waals surface area contributed by atoms with E-state index in [4.69, 9.17) is 9.72 Å². The van der Waals surface area contributed by atoms with E-state index in [1.54, 1.807) is 15.8 Å². The Hall–Kier alpha value is -4.44. The predicted octanol–water partition coefficient (Wildman–Crippen LogP) is 3.39. The first-order valence-corrected chi connectivity index (χ1v) is 13.3. The van der Waals surface area contributed by atoms with Crippen LogP contribution in [0.15, 0.2) is 59.5 Å². The number of carbonyl (C=O) groups excluding carboxylic acids is 1. The van der Waals surface area contributed by atoms with Crippen LogP contribution in [-0.4, -0.2) is 56.9 Å². The zero-order chi connectivity index (χ0) is 26.5. The molecule has 198 valence electrons. The van der Waals surface area contributed by atoms with Crippen LogP contribution in [0.1, 0.15) is 24.0 Å². The fraction of sp³-hybridized carbons (Fsp3) is 0.310.